The molecule has 0 bridgehead atoms. The molecule has 9 heteroatoms. The van der Waals surface area contributed by atoms with Gasteiger partial charge in [0.2, 0.25) is 0 Å². The monoisotopic (exact) mass is 234 g/mol. The Kier molecular flexibility index (Phi) is 5.63. The summed E-state index contributed by atoms with van der Waals surface area (Å²) in [5.74, 6) is -1.51. The van der Waals surface area contributed by atoms with Gasteiger partial charge in [-0.05, 0) is 0 Å². The lowest BCUT2D eigenvalue weighted by Crippen LogP contribution is -2.37. The van der Waals surface area contributed by atoms with Crippen molar-refractivity contribution in [3.05, 3.63) is 0 Å². The lowest BCUT2D eigenvalue weighted by molar-refractivity contribution is -0.139. The van der Waals surface area contributed by atoms with Crippen molar-refractivity contribution in [2.24, 2.45) is 22.2 Å². The van der Waals surface area contributed by atoms with E-state index in [2.05, 4.69) is 9.73 Å². The Labute approximate surface area is 90.9 Å². The van der Waals surface area contributed by atoms with Crippen molar-refractivity contribution >= 4 is 18.1 Å². The van der Waals surface area contributed by atoms with E-state index in [-0.39, 0.29) is 18.9 Å². The number of rotatable bonds is 6. The number of ether oxygens (including phenoxy) is 1. The Morgan fingerprint density at radius 3 is 2.25 bits per heavy atom. The molecule has 0 aromatic rings. The molecular weight excluding hydrogens is 220 g/mol. The molecule has 0 aliphatic carbocycles. The molecule has 1 unspecified atom stereocenters. The van der Waals surface area contributed by atoms with E-state index in [1.165, 1.54) is 0 Å². The molecular formula is C7H14N4O5. The number of nitrogens with two attached hydrogens (primary N) is 3. The van der Waals surface area contributed by atoms with Crippen molar-refractivity contribution in [2.45, 2.75) is 18.6 Å². The maximum absolute atomic E-state index is 10.4. The average Bonchev–Trinajstić information content (AvgIpc) is 2.12. The standard InChI is InChI=1S/C7H14N4O5/c8-4(5(12)13)1-3(16-7(14)15)2-11-6(9)10/h3-4H,1-2,8H2,(H,12,13)(H,14,15)(H4,9,10,11)/t3?,4-/m0/s1. The molecule has 0 amide bonds. The fourth-order valence-electron chi connectivity index (χ4n) is 0.894. The van der Waals surface area contributed by atoms with Crippen LogP contribution < -0.4 is 17.2 Å². The molecule has 0 aromatic heterocycles. The van der Waals surface area contributed by atoms with Crippen LogP contribution in [0.5, 0.6) is 0 Å². The minimum Gasteiger partial charge on any atom is -0.480 e. The smallest absolute Gasteiger partial charge is 0.480 e. The van der Waals surface area contributed by atoms with Crippen LogP contribution in [0, 0.1) is 0 Å². The van der Waals surface area contributed by atoms with E-state index < -0.39 is 24.3 Å². The highest BCUT2D eigenvalue weighted by Crippen LogP contribution is 2.03. The Balaban J connectivity index is 4.36. The first kappa shape index (κ1) is 14.0. The summed E-state index contributed by atoms with van der Waals surface area (Å²) in [7, 11) is 0. The summed E-state index contributed by atoms with van der Waals surface area (Å²) in [4.78, 5) is 24.3. The highest BCUT2D eigenvalue weighted by atomic mass is 16.7. The van der Waals surface area contributed by atoms with Gasteiger partial charge in [-0.25, -0.2) is 9.79 Å². The summed E-state index contributed by atoms with van der Waals surface area (Å²) >= 11 is 0. The van der Waals surface area contributed by atoms with Gasteiger partial charge in [-0.15, -0.1) is 0 Å². The van der Waals surface area contributed by atoms with Gasteiger partial charge in [-0.1, -0.05) is 0 Å². The second-order valence-corrected chi connectivity index (χ2v) is 2.95. The minimum atomic E-state index is -1.55. The fourth-order valence-corrected chi connectivity index (χ4v) is 0.894. The lowest BCUT2D eigenvalue weighted by atomic mass is 10.1. The van der Waals surface area contributed by atoms with Gasteiger partial charge < -0.3 is 32.2 Å². The molecule has 0 saturated carbocycles. The second kappa shape index (κ2) is 6.45. The van der Waals surface area contributed by atoms with Crippen LogP contribution in [0.15, 0.2) is 4.99 Å². The summed E-state index contributed by atoms with van der Waals surface area (Å²) in [6.45, 7) is -0.171. The Morgan fingerprint density at radius 2 is 1.88 bits per heavy atom. The number of hydrogen-bond acceptors (Lipinski definition) is 5. The van der Waals surface area contributed by atoms with Gasteiger partial charge in [0.1, 0.15) is 12.1 Å². The Morgan fingerprint density at radius 1 is 1.31 bits per heavy atom. The van der Waals surface area contributed by atoms with Crippen LogP contribution in [0.2, 0.25) is 0 Å². The highest BCUT2D eigenvalue weighted by Gasteiger charge is 2.21. The van der Waals surface area contributed by atoms with Crippen molar-refractivity contribution in [1.82, 2.24) is 0 Å². The van der Waals surface area contributed by atoms with Crippen LogP contribution in [0.3, 0.4) is 0 Å². The number of aliphatic imine (C=N–C) groups is 1. The molecule has 16 heavy (non-hydrogen) atoms. The van der Waals surface area contributed by atoms with Gasteiger partial charge in [0.05, 0.1) is 6.54 Å². The van der Waals surface area contributed by atoms with E-state index in [1.807, 2.05) is 0 Å². The number of carboxylic acids is 1. The second-order valence-electron chi connectivity index (χ2n) is 2.95. The van der Waals surface area contributed by atoms with E-state index in [4.69, 9.17) is 27.4 Å². The zero-order valence-corrected chi connectivity index (χ0v) is 8.37. The highest BCUT2D eigenvalue weighted by molar-refractivity contribution is 5.75. The van der Waals surface area contributed by atoms with Crippen molar-refractivity contribution in [3.8, 4) is 0 Å². The van der Waals surface area contributed by atoms with Crippen molar-refractivity contribution < 1.29 is 24.5 Å². The van der Waals surface area contributed by atoms with E-state index in [0.717, 1.165) is 0 Å². The SMILES string of the molecule is NC(N)=NCC(C[C@H](N)C(=O)O)OC(=O)O. The van der Waals surface area contributed by atoms with Gasteiger partial charge in [0, 0.05) is 6.42 Å². The quantitative estimate of drug-likeness (QED) is 0.201. The molecule has 0 aliphatic rings. The number of carbonyl (C=O) groups is 2. The van der Waals surface area contributed by atoms with E-state index in [9.17, 15) is 9.59 Å². The molecule has 92 valence electrons. The first-order valence-corrected chi connectivity index (χ1v) is 4.26. The summed E-state index contributed by atoms with van der Waals surface area (Å²) in [6.07, 6.45) is -2.75. The zero-order valence-electron chi connectivity index (χ0n) is 8.37. The maximum Gasteiger partial charge on any atom is 0.506 e. The fraction of sp³-hybridized carbons (Fsp3) is 0.571. The van der Waals surface area contributed by atoms with Crippen LogP contribution in [0.25, 0.3) is 0 Å². The average molecular weight is 234 g/mol. The Hall–Kier alpha value is -2.03. The topological polar surface area (TPSA) is 174 Å². The number of hydrogen-bond donors (Lipinski definition) is 5. The third-order valence-corrected chi connectivity index (χ3v) is 1.58. The van der Waals surface area contributed by atoms with Gasteiger partial charge in [0.25, 0.3) is 0 Å². The molecule has 0 saturated heterocycles. The molecule has 2 atom stereocenters. The van der Waals surface area contributed by atoms with E-state index in [0.29, 0.717) is 0 Å². The Bertz CT molecular complexity index is 289. The number of aliphatic carboxylic acids is 1. The molecule has 0 rings (SSSR count). The molecule has 0 spiro atoms. The van der Waals surface area contributed by atoms with Crippen LogP contribution in [-0.2, 0) is 9.53 Å². The molecule has 8 N–H and O–H groups in total. The molecule has 9 nitrogen and oxygen atoms in total. The summed E-state index contributed by atoms with van der Waals surface area (Å²) in [5, 5.41) is 16.9. The minimum absolute atomic E-state index is 0.171. The van der Waals surface area contributed by atoms with Gasteiger partial charge >= 0.3 is 12.1 Å². The number of carboxylic acid groups (broad SMARTS) is 2. The van der Waals surface area contributed by atoms with Crippen LogP contribution in [0.4, 0.5) is 4.79 Å². The zero-order chi connectivity index (χ0) is 12.7. The molecule has 0 radical (unpaired) electrons. The molecule has 0 aliphatic heterocycles. The first-order valence-electron chi connectivity index (χ1n) is 4.26. The van der Waals surface area contributed by atoms with Crippen LogP contribution >= 0.6 is 0 Å². The normalized spacial score (nSPS) is 13.6. The van der Waals surface area contributed by atoms with Gasteiger partial charge in [-0.2, -0.15) is 0 Å². The molecule has 0 aromatic carbocycles. The number of nitrogens with zero attached hydrogens (tertiary/aromatic N) is 1. The summed E-state index contributed by atoms with van der Waals surface area (Å²) in [5.41, 5.74) is 15.3. The predicted octanol–water partition coefficient (Wildman–Crippen LogP) is -1.87. The van der Waals surface area contributed by atoms with E-state index in [1.54, 1.807) is 0 Å². The van der Waals surface area contributed by atoms with Crippen molar-refractivity contribution in [1.29, 1.82) is 0 Å². The van der Waals surface area contributed by atoms with Crippen LogP contribution in [-0.4, -0.2) is 47.0 Å². The van der Waals surface area contributed by atoms with Crippen LogP contribution in [0.1, 0.15) is 6.42 Å². The summed E-state index contributed by atoms with van der Waals surface area (Å²) in [6, 6.07) is -1.24. The predicted molar refractivity (Wildman–Crippen MR) is 53.8 cm³/mol. The number of guanidine groups is 1. The third kappa shape index (κ3) is 6.43. The third-order valence-electron chi connectivity index (χ3n) is 1.58. The lowest BCUT2D eigenvalue weighted by Gasteiger charge is -2.15. The molecule has 0 heterocycles. The van der Waals surface area contributed by atoms with Crippen molar-refractivity contribution in [2.75, 3.05) is 6.54 Å². The van der Waals surface area contributed by atoms with E-state index >= 15 is 0 Å². The van der Waals surface area contributed by atoms with Gasteiger partial charge in [0.15, 0.2) is 5.96 Å². The summed E-state index contributed by atoms with van der Waals surface area (Å²) < 4.78 is 4.38. The largest absolute Gasteiger partial charge is 0.506 e. The molecule has 0 fully saturated rings. The van der Waals surface area contributed by atoms with Gasteiger partial charge in [-0.3, -0.25) is 4.79 Å². The maximum atomic E-state index is 10.4. The first-order chi connectivity index (χ1) is 7.32. The van der Waals surface area contributed by atoms with Crippen molar-refractivity contribution in [3.63, 3.8) is 0 Å².